The number of hydrogen-bond acceptors (Lipinski definition) is 5. The van der Waals surface area contributed by atoms with E-state index in [9.17, 15) is 14.9 Å². The largest absolute Gasteiger partial charge is 0.317 e. The first-order chi connectivity index (χ1) is 10.7. The second kappa shape index (κ2) is 6.42. The SMILES string of the molecule is N#Cc1c(NC(=O)CCC(=O)c2cccs2)sc2c1CCC2. The molecule has 0 aliphatic heterocycles. The molecule has 0 saturated heterocycles. The number of aryl methyl sites for hydroxylation is 1. The highest BCUT2D eigenvalue weighted by molar-refractivity contribution is 7.16. The number of hydrogen-bond donors (Lipinski definition) is 1. The van der Waals surface area contributed by atoms with Gasteiger partial charge >= 0.3 is 0 Å². The Balaban J connectivity index is 1.61. The molecule has 3 rings (SSSR count). The van der Waals surface area contributed by atoms with Gasteiger partial charge in [-0.25, -0.2) is 0 Å². The van der Waals surface area contributed by atoms with Crippen LogP contribution in [0.2, 0.25) is 0 Å². The highest BCUT2D eigenvalue weighted by Crippen LogP contribution is 2.38. The predicted molar refractivity (Wildman–Crippen MR) is 87.6 cm³/mol. The summed E-state index contributed by atoms with van der Waals surface area (Å²) >= 11 is 2.88. The van der Waals surface area contributed by atoms with Gasteiger partial charge in [-0.15, -0.1) is 22.7 Å². The van der Waals surface area contributed by atoms with Gasteiger partial charge in [0.05, 0.1) is 10.4 Å². The van der Waals surface area contributed by atoms with Crippen molar-refractivity contribution >= 4 is 39.4 Å². The maximum atomic E-state index is 12.0. The fourth-order valence-corrected chi connectivity index (χ4v) is 4.54. The summed E-state index contributed by atoms with van der Waals surface area (Å²) in [5, 5.41) is 14.6. The fraction of sp³-hybridized carbons (Fsp3) is 0.312. The van der Waals surface area contributed by atoms with E-state index in [0.717, 1.165) is 24.8 Å². The zero-order valence-corrected chi connectivity index (χ0v) is 13.5. The van der Waals surface area contributed by atoms with Crippen LogP contribution in [0.1, 0.15) is 44.9 Å². The minimum atomic E-state index is -0.207. The number of thiophene rings is 2. The van der Waals surface area contributed by atoms with Crippen molar-refractivity contribution < 1.29 is 9.59 Å². The fourth-order valence-electron chi connectivity index (χ4n) is 2.59. The van der Waals surface area contributed by atoms with E-state index in [4.69, 9.17) is 0 Å². The van der Waals surface area contributed by atoms with Crippen molar-refractivity contribution in [2.45, 2.75) is 32.1 Å². The lowest BCUT2D eigenvalue weighted by Gasteiger charge is -2.03. The number of anilines is 1. The standard InChI is InChI=1S/C16H14N2O2S2/c17-9-11-10-3-1-4-13(10)22-16(11)18-15(20)7-6-12(19)14-5-2-8-21-14/h2,5,8H,1,3-4,6-7H2,(H,18,20). The molecular weight excluding hydrogens is 316 g/mol. The average molecular weight is 330 g/mol. The minimum Gasteiger partial charge on any atom is -0.317 e. The molecule has 1 aliphatic rings. The Morgan fingerprint density at radius 2 is 2.18 bits per heavy atom. The summed E-state index contributed by atoms with van der Waals surface area (Å²) in [6.07, 6.45) is 3.33. The first kappa shape index (κ1) is 14.9. The zero-order valence-electron chi connectivity index (χ0n) is 11.8. The summed E-state index contributed by atoms with van der Waals surface area (Å²) in [5.41, 5.74) is 1.70. The summed E-state index contributed by atoms with van der Waals surface area (Å²) in [6.45, 7) is 0. The van der Waals surface area contributed by atoms with Crippen molar-refractivity contribution in [2.24, 2.45) is 0 Å². The van der Waals surface area contributed by atoms with E-state index in [0.29, 0.717) is 15.4 Å². The lowest BCUT2D eigenvalue weighted by atomic mass is 10.1. The van der Waals surface area contributed by atoms with Gasteiger partial charge < -0.3 is 5.32 Å². The molecule has 0 aromatic carbocycles. The van der Waals surface area contributed by atoms with Gasteiger partial charge in [-0.1, -0.05) is 6.07 Å². The van der Waals surface area contributed by atoms with Gasteiger partial charge in [-0.05, 0) is 36.3 Å². The number of ketones is 1. The number of nitrogens with zero attached hydrogens (tertiary/aromatic N) is 1. The second-order valence-electron chi connectivity index (χ2n) is 5.12. The van der Waals surface area contributed by atoms with Crippen LogP contribution in [0.3, 0.4) is 0 Å². The number of carbonyl (C=O) groups excluding carboxylic acids is 2. The molecule has 0 radical (unpaired) electrons. The molecule has 2 heterocycles. The number of carbonyl (C=O) groups is 2. The molecule has 1 N–H and O–H groups in total. The Kier molecular flexibility index (Phi) is 4.36. The van der Waals surface area contributed by atoms with Crippen LogP contribution in [0.25, 0.3) is 0 Å². The second-order valence-corrected chi connectivity index (χ2v) is 7.17. The van der Waals surface area contributed by atoms with E-state index in [2.05, 4.69) is 11.4 Å². The van der Waals surface area contributed by atoms with Gasteiger partial charge in [-0.2, -0.15) is 5.26 Å². The molecular formula is C16H14N2O2S2. The van der Waals surface area contributed by atoms with E-state index in [1.807, 2.05) is 11.4 Å². The van der Waals surface area contributed by atoms with E-state index in [1.54, 1.807) is 6.07 Å². The third kappa shape index (κ3) is 2.96. The van der Waals surface area contributed by atoms with Crippen LogP contribution in [0, 0.1) is 11.3 Å². The molecule has 0 fully saturated rings. The van der Waals surface area contributed by atoms with Gasteiger partial charge in [-0.3, -0.25) is 9.59 Å². The molecule has 0 spiro atoms. The smallest absolute Gasteiger partial charge is 0.225 e. The van der Waals surface area contributed by atoms with Crippen LogP contribution in [0.15, 0.2) is 17.5 Å². The Morgan fingerprint density at radius 1 is 1.32 bits per heavy atom. The van der Waals surface area contributed by atoms with Crippen LogP contribution in [-0.4, -0.2) is 11.7 Å². The summed E-state index contributed by atoms with van der Waals surface area (Å²) in [4.78, 5) is 25.8. The molecule has 0 unspecified atom stereocenters. The van der Waals surface area contributed by atoms with Crippen LogP contribution < -0.4 is 5.32 Å². The minimum absolute atomic E-state index is 0.0145. The monoisotopic (exact) mass is 330 g/mol. The molecule has 6 heteroatoms. The Labute approximate surface area is 136 Å². The molecule has 0 atom stereocenters. The molecule has 1 aliphatic carbocycles. The molecule has 22 heavy (non-hydrogen) atoms. The molecule has 2 aromatic heterocycles. The van der Waals surface area contributed by atoms with Gasteiger partial charge in [0.1, 0.15) is 11.1 Å². The van der Waals surface area contributed by atoms with Crippen molar-refractivity contribution in [1.82, 2.24) is 0 Å². The normalized spacial score (nSPS) is 12.7. The number of amides is 1. The molecule has 1 amide bonds. The van der Waals surface area contributed by atoms with Crippen LogP contribution in [0.5, 0.6) is 0 Å². The summed E-state index contributed by atoms with van der Waals surface area (Å²) in [6, 6.07) is 5.79. The Morgan fingerprint density at radius 3 is 2.91 bits per heavy atom. The number of nitriles is 1. The van der Waals surface area contributed by atoms with Gasteiger partial charge in [0.25, 0.3) is 0 Å². The molecule has 2 aromatic rings. The lowest BCUT2D eigenvalue weighted by Crippen LogP contribution is -2.13. The number of fused-ring (bicyclic) bond motifs is 1. The summed E-state index contributed by atoms with van der Waals surface area (Å²) < 4.78 is 0. The first-order valence-corrected chi connectivity index (χ1v) is 8.80. The van der Waals surface area contributed by atoms with Crippen molar-refractivity contribution in [3.63, 3.8) is 0 Å². The van der Waals surface area contributed by atoms with Gasteiger partial charge in [0.2, 0.25) is 5.91 Å². The highest BCUT2D eigenvalue weighted by atomic mass is 32.1. The van der Waals surface area contributed by atoms with Crippen LogP contribution >= 0.6 is 22.7 Å². The molecule has 0 bridgehead atoms. The average Bonchev–Trinajstić information content (AvgIpc) is 3.21. The summed E-state index contributed by atoms with van der Waals surface area (Å²) in [5.74, 6) is -0.222. The Hall–Kier alpha value is -1.97. The summed E-state index contributed by atoms with van der Waals surface area (Å²) in [7, 11) is 0. The van der Waals surface area contributed by atoms with Crippen molar-refractivity contribution in [1.29, 1.82) is 5.26 Å². The maximum Gasteiger partial charge on any atom is 0.225 e. The first-order valence-electron chi connectivity index (χ1n) is 7.10. The number of rotatable bonds is 5. The quantitative estimate of drug-likeness (QED) is 0.848. The third-order valence-corrected chi connectivity index (χ3v) is 5.78. The van der Waals surface area contributed by atoms with Crippen molar-refractivity contribution in [3.05, 3.63) is 38.4 Å². The van der Waals surface area contributed by atoms with Crippen molar-refractivity contribution in [3.8, 4) is 6.07 Å². The van der Waals surface area contributed by atoms with Gasteiger partial charge in [0, 0.05) is 17.7 Å². The lowest BCUT2D eigenvalue weighted by molar-refractivity contribution is -0.116. The number of Topliss-reactive ketones (excluding diaryl/α,β-unsaturated/α-hetero) is 1. The number of nitrogens with one attached hydrogen (secondary N) is 1. The predicted octanol–water partition coefficient (Wildman–Crippen LogP) is 3.77. The van der Waals surface area contributed by atoms with Crippen molar-refractivity contribution in [2.75, 3.05) is 5.32 Å². The van der Waals surface area contributed by atoms with E-state index < -0.39 is 0 Å². The third-order valence-electron chi connectivity index (χ3n) is 3.66. The van der Waals surface area contributed by atoms with E-state index >= 15 is 0 Å². The van der Waals surface area contributed by atoms with E-state index in [1.165, 1.54) is 27.6 Å². The highest BCUT2D eigenvalue weighted by Gasteiger charge is 2.23. The molecule has 0 saturated carbocycles. The van der Waals surface area contributed by atoms with E-state index in [-0.39, 0.29) is 24.5 Å². The Bertz CT molecular complexity index is 754. The molecule has 4 nitrogen and oxygen atoms in total. The maximum absolute atomic E-state index is 12.0. The zero-order chi connectivity index (χ0) is 15.5. The topological polar surface area (TPSA) is 70.0 Å². The van der Waals surface area contributed by atoms with Crippen LogP contribution in [-0.2, 0) is 17.6 Å². The molecule has 112 valence electrons. The van der Waals surface area contributed by atoms with Gasteiger partial charge in [0.15, 0.2) is 5.78 Å². The van der Waals surface area contributed by atoms with Crippen LogP contribution in [0.4, 0.5) is 5.00 Å².